The Morgan fingerprint density at radius 3 is 2.41 bits per heavy atom. The van der Waals surface area contributed by atoms with Crippen LogP contribution in [-0.2, 0) is 10.0 Å². The average Bonchev–Trinajstić information content (AvgIpc) is 2.26. The van der Waals surface area contributed by atoms with E-state index >= 15 is 0 Å². The highest BCUT2D eigenvalue weighted by molar-refractivity contribution is 9.10. The number of aliphatic hydroxyl groups is 1. The first-order valence-corrected chi connectivity index (χ1v) is 7.54. The molecule has 0 saturated carbocycles. The second-order valence-corrected chi connectivity index (χ2v) is 6.62. The molecule has 1 atom stereocenters. The molecular formula is C11H16BrNO3S. The Labute approximate surface area is 110 Å². The van der Waals surface area contributed by atoms with Crippen LogP contribution < -0.4 is 4.72 Å². The molecule has 96 valence electrons. The van der Waals surface area contributed by atoms with Crippen LogP contribution in [0.5, 0.6) is 0 Å². The van der Waals surface area contributed by atoms with Crippen molar-refractivity contribution in [3.63, 3.8) is 0 Å². The van der Waals surface area contributed by atoms with Gasteiger partial charge in [-0.15, -0.1) is 0 Å². The Morgan fingerprint density at radius 1 is 1.35 bits per heavy atom. The maximum atomic E-state index is 12.1. The molecule has 2 N–H and O–H groups in total. The first-order chi connectivity index (χ1) is 7.88. The molecule has 0 amide bonds. The monoisotopic (exact) mass is 321 g/mol. The van der Waals surface area contributed by atoms with Crippen LogP contribution in [0, 0.1) is 5.92 Å². The average molecular weight is 322 g/mol. The highest BCUT2D eigenvalue weighted by Crippen LogP contribution is 2.21. The Morgan fingerprint density at radius 2 is 1.94 bits per heavy atom. The lowest BCUT2D eigenvalue weighted by atomic mass is 10.1. The molecule has 4 nitrogen and oxygen atoms in total. The van der Waals surface area contributed by atoms with Crippen LogP contribution in [0.4, 0.5) is 0 Å². The van der Waals surface area contributed by atoms with E-state index < -0.39 is 16.1 Å². The number of aliphatic hydroxyl groups excluding tert-OH is 1. The lowest BCUT2D eigenvalue weighted by Crippen LogP contribution is -2.41. The van der Waals surface area contributed by atoms with Crippen LogP contribution in [0.15, 0.2) is 33.6 Å². The Kier molecular flexibility index (Phi) is 5.12. The number of nitrogens with one attached hydrogen (secondary N) is 1. The standard InChI is InChI=1S/C11H16BrNO3S/c1-8(2)10(7-14)13-17(15,16)11-6-4-3-5-9(11)12/h3-6,8,10,13-14H,7H2,1-2H3/t10-/m0/s1. The first kappa shape index (κ1) is 14.6. The fraction of sp³-hybridized carbons (Fsp3) is 0.455. The summed E-state index contributed by atoms with van der Waals surface area (Å²) in [6, 6.07) is 6.10. The van der Waals surface area contributed by atoms with E-state index in [1.165, 1.54) is 6.07 Å². The molecule has 0 aliphatic heterocycles. The number of benzene rings is 1. The van der Waals surface area contributed by atoms with Gasteiger partial charge in [-0.2, -0.15) is 0 Å². The normalized spacial score (nSPS) is 13.9. The minimum atomic E-state index is -3.60. The maximum Gasteiger partial charge on any atom is 0.242 e. The Hall–Kier alpha value is -0.430. The number of hydrogen-bond acceptors (Lipinski definition) is 3. The lowest BCUT2D eigenvalue weighted by Gasteiger charge is -2.20. The molecule has 0 aliphatic rings. The number of rotatable bonds is 5. The van der Waals surface area contributed by atoms with Crippen LogP contribution in [0.1, 0.15) is 13.8 Å². The quantitative estimate of drug-likeness (QED) is 0.868. The van der Waals surface area contributed by atoms with E-state index in [0.717, 1.165) is 0 Å². The van der Waals surface area contributed by atoms with Gasteiger partial charge in [0.15, 0.2) is 0 Å². The van der Waals surface area contributed by atoms with Gasteiger partial charge in [0.1, 0.15) is 0 Å². The molecule has 0 fully saturated rings. The summed E-state index contributed by atoms with van der Waals surface area (Å²) in [5, 5.41) is 9.14. The molecular weight excluding hydrogens is 306 g/mol. The van der Waals surface area contributed by atoms with Crippen molar-refractivity contribution in [1.29, 1.82) is 0 Å². The van der Waals surface area contributed by atoms with Crippen molar-refractivity contribution in [1.82, 2.24) is 4.72 Å². The van der Waals surface area contributed by atoms with E-state index in [9.17, 15) is 8.42 Å². The summed E-state index contributed by atoms with van der Waals surface area (Å²) in [4.78, 5) is 0.180. The Bertz CT molecular complexity index is 473. The number of hydrogen-bond donors (Lipinski definition) is 2. The zero-order chi connectivity index (χ0) is 13.1. The van der Waals surface area contributed by atoms with Crippen molar-refractivity contribution in [2.24, 2.45) is 5.92 Å². The van der Waals surface area contributed by atoms with E-state index in [-0.39, 0.29) is 17.4 Å². The van der Waals surface area contributed by atoms with E-state index in [1.807, 2.05) is 13.8 Å². The minimum Gasteiger partial charge on any atom is -0.395 e. The molecule has 1 rings (SSSR count). The number of halogens is 1. The molecule has 0 heterocycles. The molecule has 1 aromatic rings. The van der Waals surface area contributed by atoms with Gasteiger partial charge in [-0.1, -0.05) is 26.0 Å². The predicted molar refractivity (Wildman–Crippen MR) is 70.2 cm³/mol. The third-order valence-electron chi connectivity index (χ3n) is 2.43. The highest BCUT2D eigenvalue weighted by atomic mass is 79.9. The molecule has 6 heteroatoms. The summed E-state index contributed by atoms with van der Waals surface area (Å²) >= 11 is 3.20. The van der Waals surface area contributed by atoms with Crippen molar-refractivity contribution in [2.45, 2.75) is 24.8 Å². The molecule has 0 aliphatic carbocycles. The van der Waals surface area contributed by atoms with Gasteiger partial charge >= 0.3 is 0 Å². The molecule has 0 spiro atoms. The summed E-state index contributed by atoms with van der Waals surface area (Å²) in [5.74, 6) is 0.0252. The first-order valence-electron chi connectivity index (χ1n) is 5.26. The van der Waals surface area contributed by atoms with Crippen molar-refractivity contribution in [3.05, 3.63) is 28.7 Å². The van der Waals surface area contributed by atoms with Crippen molar-refractivity contribution in [2.75, 3.05) is 6.61 Å². The molecule has 1 aromatic carbocycles. The van der Waals surface area contributed by atoms with Crippen molar-refractivity contribution >= 4 is 26.0 Å². The van der Waals surface area contributed by atoms with Gasteiger partial charge in [0, 0.05) is 10.5 Å². The topological polar surface area (TPSA) is 66.4 Å². The van der Waals surface area contributed by atoms with Crippen LogP contribution in [0.3, 0.4) is 0 Å². The maximum absolute atomic E-state index is 12.1. The van der Waals surface area contributed by atoms with E-state index in [4.69, 9.17) is 5.11 Å². The van der Waals surface area contributed by atoms with Crippen LogP contribution in [0.25, 0.3) is 0 Å². The fourth-order valence-corrected chi connectivity index (χ4v) is 3.69. The molecule has 0 bridgehead atoms. The molecule has 17 heavy (non-hydrogen) atoms. The minimum absolute atomic E-state index is 0.0252. The van der Waals surface area contributed by atoms with E-state index in [0.29, 0.717) is 4.47 Å². The third-order valence-corrected chi connectivity index (χ3v) is 4.94. The van der Waals surface area contributed by atoms with Crippen LogP contribution in [0.2, 0.25) is 0 Å². The SMILES string of the molecule is CC(C)[C@H](CO)NS(=O)(=O)c1ccccc1Br. The fourth-order valence-electron chi connectivity index (χ4n) is 1.31. The van der Waals surface area contributed by atoms with Gasteiger partial charge in [-0.25, -0.2) is 13.1 Å². The van der Waals surface area contributed by atoms with Crippen LogP contribution in [-0.4, -0.2) is 26.2 Å². The van der Waals surface area contributed by atoms with Gasteiger partial charge in [-0.3, -0.25) is 0 Å². The second-order valence-electron chi connectivity index (χ2n) is 4.08. The molecule has 0 radical (unpaired) electrons. The van der Waals surface area contributed by atoms with E-state index in [2.05, 4.69) is 20.7 Å². The predicted octanol–water partition coefficient (Wildman–Crippen LogP) is 1.74. The largest absolute Gasteiger partial charge is 0.395 e. The molecule has 0 unspecified atom stereocenters. The van der Waals surface area contributed by atoms with Crippen LogP contribution >= 0.6 is 15.9 Å². The zero-order valence-corrected chi connectivity index (χ0v) is 12.1. The highest BCUT2D eigenvalue weighted by Gasteiger charge is 2.23. The lowest BCUT2D eigenvalue weighted by molar-refractivity contribution is 0.227. The van der Waals surface area contributed by atoms with Gasteiger partial charge in [0.2, 0.25) is 10.0 Å². The number of sulfonamides is 1. The van der Waals surface area contributed by atoms with Crippen molar-refractivity contribution in [3.8, 4) is 0 Å². The zero-order valence-electron chi connectivity index (χ0n) is 9.72. The second kappa shape index (κ2) is 5.95. The van der Waals surface area contributed by atoms with Gasteiger partial charge < -0.3 is 5.11 Å². The third kappa shape index (κ3) is 3.77. The van der Waals surface area contributed by atoms with Gasteiger partial charge in [0.25, 0.3) is 0 Å². The molecule has 0 saturated heterocycles. The smallest absolute Gasteiger partial charge is 0.242 e. The summed E-state index contributed by atoms with van der Waals surface area (Å²) in [5.41, 5.74) is 0. The van der Waals surface area contributed by atoms with Crippen molar-refractivity contribution < 1.29 is 13.5 Å². The van der Waals surface area contributed by atoms with Gasteiger partial charge in [-0.05, 0) is 34.0 Å². The summed E-state index contributed by atoms with van der Waals surface area (Å²) in [6.45, 7) is 3.48. The summed E-state index contributed by atoms with van der Waals surface area (Å²) < 4.78 is 27.1. The summed E-state index contributed by atoms with van der Waals surface area (Å²) in [7, 11) is -3.60. The van der Waals surface area contributed by atoms with Gasteiger partial charge in [0.05, 0.1) is 11.5 Å². The Balaban J connectivity index is 3.01. The van der Waals surface area contributed by atoms with E-state index in [1.54, 1.807) is 18.2 Å². The summed E-state index contributed by atoms with van der Waals surface area (Å²) in [6.07, 6.45) is 0. The molecule has 0 aromatic heterocycles.